The standard InChI is InChI=1S/C20H20BrN3O3.ClH/c21-15-5-7-16(8-6-15)23-14-24(18-4-2-1-3-17(18)20(23)26)19(25)13-22-9-11-27-12-10-22;/h1-8H,9-14H2;1H. The highest BCUT2D eigenvalue weighted by Gasteiger charge is 2.33. The topological polar surface area (TPSA) is 53.1 Å². The highest BCUT2D eigenvalue weighted by molar-refractivity contribution is 9.10. The van der Waals surface area contributed by atoms with Crippen molar-refractivity contribution >= 4 is 51.5 Å². The number of benzene rings is 2. The molecule has 2 aliphatic heterocycles. The summed E-state index contributed by atoms with van der Waals surface area (Å²) in [5, 5.41) is 0. The second kappa shape index (κ2) is 9.05. The van der Waals surface area contributed by atoms with Gasteiger partial charge in [0.15, 0.2) is 0 Å². The Kier molecular flexibility index (Phi) is 6.72. The normalized spacial score (nSPS) is 17.1. The lowest BCUT2D eigenvalue weighted by atomic mass is 10.1. The molecule has 8 heteroatoms. The smallest absolute Gasteiger partial charge is 0.261 e. The quantitative estimate of drug-likeness (QED) is 0.697. The van der Waals surface area contributed by atoms with Crippen LogP contribution in [-0.2, 0) is 9.53 Å². The molecule has 28 heavy (non-hydrogen) atoms. The van der Waals surface area contributed by atoms with E-state index in [9.17, 15) is 9.59 Å². The van der Waals surface area contributed by atoms with Crippen molar-refractivity contribution in [3.8, 4) is 0 Å². The second-order valence-corrected chi connectivity index (χ2v) is 7.49. The molecule has 0 atom stereocenters. The Morgan fingerprint density at radius 2 is 1.71 bits per heavy atom. The van der Waals surface area contributed by atoms with Crippen LogP contribution in [0.25, 0.3) is 0 Å². The molecule has 2 heterocycles. The van der Waals surface area contributed by atoms with E-state index in [2.05, 4.69) is 20.8 Å². The van der Waals surface area contributed by atoms with Crippen molar-refractivity contribution in [3.05, 3.63) is 58.6 Å². The highest BCUT2D eigenvalue weighted by Crippen LogP contribution is 2.31. The lowest BCUT2D eigenvalue weighted by Crippen LogP contribution is -2.52. The number of rotatable bonds is 3. The molecular formula is C20H21BrClN3O3. The molecule has 0 unspecified atom stereocenters. The van der Waals surface area contributed by atoms with Crippen LogP contribution < -0.4 is 9.80 Å². The van der Waals surface area contributed by atoms with Crippen LogP contribution in [0.3, 0.4) is 0 Å². The van der Waals surface area contributed by atoms with Crippen LogP contribution in [0.15, 0.2) is 53.0 Å². The number of hydrogen-bond acceptors (Lipinski definition) is 4. The van der Waals surface area contributed by atoms with Gasteiger partial charge in [-0.25, -0.2) is 0 Å². The molecule has 2 aliphatic rings. The molecule has 0 N–H and O–H groups in total. The van der Waals surface area contributed by atoms with E-state index >= 15 is 0 Å². The summed E-state index contributed by atoms with van der Waals surface area (Å²) < 4.78 is 6.30. The third-order valence-corrected chi connectivity index (χ3v) is 5.38. The number of halogens is 2. The van der Waals surface area contributed by atoms with Crippen LogP contribution in [0.5, 0.6) is 0 Å². The summed E-state index contributed by atoms with van der Waals surface area (Å²) in [6, 6.07) is 14.8. The van der Waals surface area contributed by atoms with Gasteiger partial charge >= 0.3 is 0 Å². The van der Waals surface area contributed by atoms with E-state index < -0.39 is 0 Å². The molecule has 0 spiro atoms. The zero-order chi connectivity index (χ0) is 18.8. The van der Waals surface area contributed by atoms with Gasteiger partial charge in [0, 0.05) is 23.2 Å². The van der Waals surface area contributed by atoms with Crippen LogP contribution in [0.4, 0.5) is 11.4 Å². The number of hydrogen-bond donors (Lipinski definition) is 0. The maximum Gasteiger partial charge on any atom is 0.261 e. The molecule has 0 aliphatic carbocycles. The largest absolute Gasteiger partial charge is 0.379 e. The first-order valence-corrected chi connectivity index (χ1v) is 9.70. The Bertz CT molecular complexity index is 856. The fourth-order valence-corrected chi connectivity index (χ4v) is 3.65. The number of carbonyl (C=O) groups is 2. The molecule has 4 rings (SSSR count). The third kappa shape index (κ3) is 4.22. The minimum atomic E-state index is -0.0941. The van der Waals surface area contributed by atoms with Crippen molar-refractivity contribution < 1.29 is 14.3 Å². The Balaban J connectivity index is 0.00000225. The molecule has 1 saturated heterocycles. The SMILES string of the molecule is Cl.O=C1c2ccccc2N(C(=O)CN2CCOCC2)CN1c1ccc(Br)cc1. The number of para-hydroxylation sites is 1. The van der Waals surface area contributed by atoms with Gasteiger partial charge < -0.3 is 4.74 Å². The number of carbonyl (C=O) groups excluding carboxylic acids is 2. The zero-order valence-electron chi connectivity index (χ0n) is 15.2. The van der Waals surface area contributed by atoms with Gasteiger partial charge in [0.2, 0.25) is 5.91 Å². The van der Waals surface area contributed by atoms with E-state index in [1.807, 2.05) is 42.5 Å². The van der Waals surface area contributed by atoms with E-state index in [1.165, 1.54) is 0 Å². The van der Waals surface area contributed by atoms with E-state index in [4.69, 9.17) is 4.74 Å². The number of amides is 2. The fraction of sp³-hybridized carbons (Fsp3) is 0.300. The number of morpholine rings is 1. The maximum absolute atomic E-state index is 13.1. The number of anilines is 2. The molecular weight excluding hydrogens is 446 g/mol. The Morgan fingerprint density at radius 3 is 2.43 bits per heavy atom. The molecule has 0 bridgehead atoms. The predicted octanol–water partition coefficient (Wildman–Crippen LogP) is 3.15. The van der Waals surface area contributed by atoms with Crippen molar-refractivity contribution in [3.63, 3.8) is 0 Å². The monoisotopic (exact) mass is 465 g/mol. The lowest BCUT2D eigenvalue weighted by Gasteiger charge is -2.38. The van der Waals surface area contributed by atoms with Crippen LogP contribution in [0, 0.1) is 0 Å². The van der Waals surface area contributed by atoms with Crippen LogP contribution in [-0.4, -0.2) is 56.2 Å². The van der Waals surface area contributed by atoms with Crippen molar-refractivity contribution in [2.24, 2.45) is 0 Å². The van der Waals surface area contributed by atoms with Crippen molar-refractivity contribution in [1.82, 2.24) is 4.90 Å². The van der Waals surface area contributed by atoms with Crippen molar-refractivity contribution in [1.29, 1.82) is 0 Å². The predicted molar refractivity (Wildman–Crippen MR) is 114 cm³/mol. The molecule has 2 amide bonds. The van der Waals surface area contributed by atoms with Gasteiger partial charge in [-0.3, -0.25) is 24.3 Å². The minimum Gasteiger partial charge on any atom is -0.379 e. The highest BCUT2D eigenvalue weighted by atomic mass is 79.9. The molecule has 6 nitrogen and oxygen atoms in total. The molecule has 1 fully saturated rings. The van der Waals surface area contributed by atoms with E-state index in [-0.39, 0.29) is 30.9 Å². The zero-order valence-corrected chi connectivity index (χ0v) is 17.6. The average Bonchev–Trinajstić information content (AvgIpc) is 2.70. The van der Waals surface area contributed by atoms with E-state index in [0.29, 0.717) is 31.0 Å². The van der Waals surface area contributed by atoms with Gasteiger partial charge in [0.1, 0.15) is 6.67 Å². The average molecular weight is 467 g/mol. The number of nitrogens with zero attached hydrogens (tertiary/aromatic N) is 3. The molecule has 0 aromatic heterocycles. The van der Waals surface area contributed by atoms with Crippen LogP contribution >= 0.6 is 28.3 Å². The van der Waals surface area contributed by atoms with Crippen LogP contribution in [0.2, 0.25) is 0 Å². The summed E-state index contributed by atoms with van der Waals surface area (Å²) in [6.07, 6.45) is 0. The first kappa shape index (κ1) is 20.8. The molecule has 0 saturated carbocycles. The summed E-state index contributed by atoms with van der Waals surface area (Å²) >= 11 is 3.42. The second-order valence-electron chi connectivity index (χ2n) is 6.58. The molecule has 0 radical (unpaired) electrons. The molecule has 2 aromatic rings. The fourth-order valence-electron chi connectivity index (χ4n) is 3.39. The minimum absolute atomic E-state index is 0. The van der Waals surface area contributed by atoms with Gasteiger partial charge in [-0.15, -0.1) is 12.4 Å². The summed E-state index contributed by atoms with van der Waals surface area (Å²) in [4.78, 5) is 31.5. The van der Waals surface area contributed by atoms with Gasteiger partial charge in [-0.2, -0.15) is 0 Å². The Labute approximate surface area is 178 Å². The summed E-state index contributed by atoms with van der Waals surface area (Å²) in [5.74, 6) is -0.109. The van der Waals surface area contributed by atoms with Crippen LogP contribution in [0.1, 0.15) is 10.4 Å². The van der Waals surface area contributed by atoms with Gasteiger partial charge in [-0.05, 0) is 36.4 Å². The summed E-state index contributed by atoms with van der Waals surface area (Å²) in [5.41, 5.74) is 1.98. The van der Waals surface area contributed by atoms with Crippen molar-refractivity contribution in [2.75, 3.05) is 49.3 Å². The van der Waals surface area contributed by atoms with E-state index in [1.54, 1.807) is 15.9 Å². The van der Waals surface area contributed by atoms with Gasteiger partial charge in [0.25, 0.3) is 5.91 Å². The third-order valence-electron chi connectivity index (χ3n) is 4.86. The Hall–Kier alpha value is -1.93. The molecule has 148 valence electrons. The lowest BCUT2D eigenvalue weighted by molar-refractivity contribution is -0.120. The van der Waals surface area contributed by atoms with E-state index in [0.717, 1.165) is 23.2 Å². The van der Waals surface area contributed by atoms with Gasteiger partial charge in [-0.1, -0.05) is 28.1 Å². The summed E-state index contributed by atoms with van der Waals surface area (Å²) in [6.45, 7) is 3.31. The number of ether oxygens (including phenoxy) is 1. The maximum atomic E-state index is 13.1. The Morgan fingerprint density at radius 1 is 1.04 bits per heavy atom. The van der Waals surface area contributed by atoms with Gasteiger partial charge in [0.05, 0.1) is 31.0 Å². The first-order chi connectivity index (χ1) is 13.1. The van der Waals surface area contributed by atoms with Crippen molar-refractivity contribution in [2.45, 2.75) is 0 Å². The molecule has 2 aromatic carbocycles. The number of fused-ring (bicyclic) bond motifs is 1. The summed E-state index contributed by atoms with van der Waals surface area (Å²) in [7, 11) is 0. The first-order valence-electron chi connectivity index (χ1n) is 8.90.